The molecule has 0 bridgehead atoms. The number of benzene rings is 1. The maximum Gasteiger partial charge on any atom is 0.313 e. The largest absolute Gasteiger partial charge is 0.469 e. The minimum atomic E-state index is -0.115. The van der Waals surface area contributed by atoms with Gasteiger partial charge in [0.2, 0.25) is 0 Å². The highest BCUT2D eigenvalue weighted by Gasteiger charge is 2.37. The number of methoxy groups -OCH3 is 1. The standard InChI is InChI=1S/C12H13BrO2/c1-15-12(14)11(8-5-6-8)9-3-2-4-10(13)7-9/h2-4,7-8,11H,5-6H2,1H3. The molecule has 0 spiro atoms. The lowest BCUT2D eigenvalue weighted by Gasteiger charge is -2.14. The zero-order valence-corrected chi connectivity index (χ0v) is 10.2. The number of carbonyl (C=O) groups excluding carboxylic acids is 1. The molecule has 1 aliphatic carbocycles. The van der Waals surface area contributed by atoms with Gasteiger partial charge >= 0.3 is 5.97 Å². The van der Waals surface area contributed by atoms with Gasteiger partial charge in [0.05, 0.1) is 13.0 Å². The average Bonchev–Trinajstić information content (AvgIpc) is 3.02. The number of ether oxygens (including phenoxy) is 1. The Hall–Kier alpha value is -0.830. The highest BCUT2D eigenvalue weighted by Crippen LogP contribution is 2.43. The monoisotopic (exact) mass is 268 g/mol. The van der Waals surface area contributed by atoms with Gasteiger partial charge in [-0.2, -0.15) is 0 Å². The van der Waals surface area contributed by atoms with Gasteiger partial charge in [-0.15, -0.1) is 0 Å². The zero-order chi connectivity index (χ0) is 10.8. The molecule has 1 atom stereocenters. The van der Waals surface area contributed by atoms with Crippen LogP contribution in [-0.2, 0) is 9.53 Å². The Bertz CT molecular complexity index is 372. The molecule has 2 nitrogen and oxygen atoms in total. The summed E-state index contributed by atoms with van der Waals surface area (Å²) < 4.78 is 5.86. The summed E-state index contributed by atoms with van der Waals surface area (Å²) in [5.41, 5.74) is 1.05. The van der Waals surface area contributed by atoms with E-state index in [2.05, 4.69) is 15.9 Å². The molecule has 1 aromatic rings. The summed E-state index contributed by atoms with van der Waals surface area (Å²) in [6.45, 7) is 0. The van der Waals surface area contributed by atoms with E-state index in [1.165, 1.54) is 7.11 Å². The van der Waals surface area contributed by atoms with Crippen molar-refractivity contribution < 1.29 is 9.53 Å². The highest BCUT2D eigenvalue weighted by molar-refractivity contribution is 9.10. The zero-order valence-electron chi connectivity index (χ0n) is 8.57. The molecule has 1 aromatic carbocycles. The van der Waals surface area contributed by atoms with Crippen molar-refractivity contribution in [3.63, 3.8) is 0 Å². The van der Waals surface area contributed by atoms with Gasteiger partial charge in [-0.3, -0.25) is 4.79 Å². The van der Waals surface area contributed by atoms with E-state index in [1.54, 1.807) is 0 Å². The van der Waals surface area contributed by atoms with E-state index in [4.69, 9.17) is 4.74 Å². The van der Waals surface area contributed by atoms with Crippen molar-refractivity contribution in [2.75, 3.05) is 7.11 Å². The number of hydrogen-bond donors (Lipinski definition) is 0. The maximum atomic E-state index is 11.7. The minimum Gasteiger partial charge on any atom is -0.469 e. The maximum absolute atomic E-state index is 11.7. The molecule has 80 valence electrons. The molecule has 1 aliphatic rings. The van der Waals surface area contributed by atoms with Crippen LogP contribution in [0.25, 0.3) is 0 Å². The molecular formula is C12H13BrO2. The van der Waals surface area contributed by atoms with Crippen LogP contribution in [0.4, 0.5) is 0 Å². The molecular weight excluding hydrogens is 256 g/mol. The van der Waals surface area contributed by atoms with E-state index in [9.17, 15) is 4.79 Å². The summed E-state index contributed by atoms with van der Waals surface area (Å²) >= 11 is 3.42. The summed E-state index contributed by atoms with van der Waals surface area (Å²) in [6, 6.07) is 7.91. The SMILES string of the molecule is COC(=O)C(c1cccc(Br)c1)C1CC1. The van der Waals surface area contributed by atoms with Crippen molar-refractivity contribution in [3.8, 4) is 0 Å². The summed E-state index contributed by atoms with van der Waals surface area (Å²) in [5, 5.41) is 0. The third kappa shape index (κ3) is 2.40. The molecule has 1 unspecified atom stereocenters. The Balaban J connectivity index is 2.27. The minimum absolute atomic E-state index is 0.0764. The van der Waals surface area contributed by atoms with Crippen LogP contribution < -0.4 is 0 Å². The van der Waals surface area contributed by atoms with Crippen LogP contribution in [0.5, 0.6) is 0 Å². The van der Waals surface area contributed by atoms with E-state index < -0.39 is 0 Å². The predicted molar refractivity (Wildman–Crippen MR) is 61.6 cm³/mol. The molecule has 0 radical (unpaired) electrons. The van der Waals surface area contributed by atoms with E-state index in [1.807, 2.05) is 24.3 Å². The predicted octanol–water partition coefficient (Wildman–Crippen LogP) is 3.12. The van der Waals surface area contributed by atoms with Crippen LogP contribution in [-0.4, -0.2) is 13.1 Å². The number of hydrogen-bond acceptors (Lipinski definition) is 2. The Morgan fingerprint density at radius 1 is 1.53 bits per heavy atom. The summed E-state index contributed by atoms with van der Waals surface area (Å²) in [4.78, 5) is 11.7. The molecule has 1 fully saturated rings. The van der Waals surface area contributed by atoms with Crippen molar-refractivity contribution in [2.24, 2.45) is 5.92 Å². The molecule has 0 heterocycles. The first kappa shape index (κ1) is 10.7. The van der Waals surface area contributed by atoms with E-state index in [0.717, 1.165) is 22.9 Å². The van der Waals surface area contributed by atoms with Crippen molar-refractivity contribution in [2.45, 2.75) is 18.8 Å². The van der Waals surface area contributed by atoms with Crippen molar-refractivity contribution in [1.29, 1.82) is 0 Å². The number of esters is 1. The van der Waals surface area contributed by atoms with Crippen LogP contribution in [0, 0.1) is 5.92 Å². The van der Waals surface area contributed by atoms with Crippen LogP contribution in [0.2, 0.25) is 0 Å². The van der Waals surface area contributed by atoms with Crippen LogP contribution in [0.3, 0.4) is 0 Å². The van der Waals surface area contributed by atoms with Crippen LogP contribution in [0.15, 0.2) is 28.7 Å². The fraction of sp³-hybridized carbons (Fsp3) is 0.417. The van der Waals surface area contributed by atoms with Gasteiger partial charge in [0.15, 0.2) is 0 Å². The molecule has 0 amide bonds. The number of halogens is 1. The second-order valence-corrected chi connectivity index (χ2v) is 4.81. The first-order chi connectivity index (χ1) is 7.22. The van der Waals surface area contributed by atoms with E-state index >= 15 is 0 Å². The third-order valence-corrected chi connectivity index (χ3v) is 3.25. The smallest absolute Gasteiger partial charge is 0.313 e. The van der Waals surface area contributed by atoms with E-state index in [-0.39, 0.29) is 11.9 Å². The van der Waals surface area contributed by atoms with Gasteiger partial charge in [0, 0.05) is 4.47 Å². The van der Waals surface area contributed by atoms with Gasteiger partial charge in [-0.25, -0.2) is 0 Å². The Morgan fingerprint density at radius 3 is 2.80 bits per heavy atom. The quantitative estimate of drug-likeness (QED) is 0.788. The lowest BCUT2D eigenvalue weighted by atomic mass is 9.94. The second-order valence-electron chi connectivity index (χ2n) is 3.89. The van der Waals surface area contributed by atoms with Gasteiger partial charge in [0.1, 0.15) is 0 Å². The molecule has 0 N–H and O–H groups in total. The molecule has 15 heavy (non-hydrogen) atoms. The topological polar surface area (TPSA) is 26.3 Å². The van der Waals surface area contributed by atoms with Gasteiger partial charge in [-0.05, 0) is 36.5 Å². The molecule has 0 aliphatic heterocycles. The summed E-state index contributed by atoms with van der Waals surface area (Å²) in [6.07, 6.45) is 2.26. The van der Waals surface area contributed by atoms with Gasteiger partial charge in [0.25, 0.3) is 0 Å². The molecule has 0 aromatic heterocycles. The lowest BCUT2D eigenvalue weighted by Crippen LogP contribution is -2.16. The van der Waals surface area contributed by atoms with Crippen LogP contribution >= 0.6 is 15.9 Å². The second kappa shape index (κ2) is 4.35. The molecule has 0 saturated heterocycles. The van der Waals surface area contributed by atoms with E-state index in [0.29, 0.717) is 5.92 Å². The Labute approximate surface area is 97.8 Å². The molecule has 1 saturated carbocycles. The Morgan fingerprint density at radius 2 is 2.27 bits per heavy atom. The fourth-order valence-corrected chi connectivity index (χ4v) is 2.27. The summed E-state index contributed by atoms with van der Waals surface area (Å²) in [7, 11) is 1.45. The van der Waals surface area contributed by atoms with Gasteiger partial charge in [-0.1, -0.05) is 28.1 Å². The van der Waals surface area contributed by atoms with Crippen LogP contribution in [0.1, 0.15) is 24.3 Å². The first-order valence-electron chi connectivity index (χ1n) is 5.05. The van der Waals surface area contributed by atoms with Crippen molar-refractivity contribution >= 4 is 21.9 Å². The third-order valence-electron chi connectivity index (χ3n) is 2.76. The fourth-order valence-electron chi connectivity index (χ4n) is 1.86. The molecule has 3 heteroatoms. The highest BCUT2D eigenvalue weighted by atomic mass is 79.9. The number of rotatable bonds is 3. The lowest BCUT2D eigenvalue weighted by molar-refractivity contribution is -0.143. The molecule has 2 rings (SSSR count). The normalized spacial score (nSPS) is 17.2. The van der Waals surface area contributed by atoms with Gasteiger partial charge < -0.3 is 4.74 Å². The number of carbonyl (C=O) groups is 1. The first-order valence-corrected chi connectivity index (χ1v) is 5.85. The summed E-state index contributed by atoms with van der Waals surface area (Å²) in [5.74, 6) is 0.287. The van der Waals surface area contributed by atoms with Crippen molar-refractivity contribution in [3.05, 3.63) is 34.3 Å². The van der Waals surface area contributed by atoms with Crippen molar-refractivity contribution in [1.82, 2.24) is 0 Å². The Kier molecular flexibility index (Phi) is 3.10. The average molecular weight is 269 g/mol.